The molecule has 3 heterocycles. The molecule has 8 heteroatoms. The minimum Gasteiger partial charge on any atom is -0.376 e. The summed E-state index contributed by atoms with van der Waals surface area (Å²) in [5.41, 5.74) is 2.83. The van der Waals surface area contributed by atoms with Crippen molar-refractivity contribution in [2.45, 2.75) is 97.0 Å². The number of aromatic nitrogens is 5. The molecule has 0 bridgehead atoms. The van der Waals surface area contributed by atoms with E-state index in [1.54, 1.807) is 0 Å². The zero-order chi connectivity index (χ0) is 24.4. The number of ether oxygens (including phenoxy) is 1. The lowest BCUT2D eigenvalue weighted by atomic mass is 9.90. The van der Waals surface area contributed by atoms with E-state index in [0.717, 1.165) is 60.1 Å². The summed E-state index contributed by atoms with van der Waals surface area (Å²) in [5, 5.41) is 14.1. The lowest BCUT2D eigenvalue weighted by Crippen LogP contribution is -2.43. The van der Waals surface area contributed by atoms with Gasteiger partial charge in [0.2, 0.25) is 0 Å². The molecule has 1 aromatic carbocycles. The SMILES string of the molecule is Cc1ccc2cc(CN(C3CCCCC3)[C@H](c3nnnn3C[C@H]3CCCO3)C(C)C)c(=O)[nH]c2c1. The molecular weight excluding hydrogens is 440 g/mol. The molecule has 2 fully saturated rings. The highest BCUT2D eigenvalue weighted by Gasteiger charge is 2.35. The van der Waals surface area contributed by atoms with Crippen LogP contribution in [-0.2, 0) is 17.8 Å². The summed E-state index contributed by atoms with van der Waals surface area (Å²) >= 11 is 0. The molecule has 1 saturated heterocycles. The number of nitrogens with zero attached hydrogens (tertiary/aromatic N) is 5. The number of pyridine rings is 1. The van der Waals surface area contributed by atoms with Crippen LogP contribution < -0.4 is 5.56 Å². The number of benzene rings is 1. The van der Waals surface area contributed by atoms with Crippen molar-refractivity contribution >= 4 is 10.9 Å². The van der Waals surface area contributed by atoms with Crippen LogP contribution in [0.4, 0.5) is 0 Å². The zero-order valence-electron chi connectivity index (χ0n) is 21.2. The second kappa shape index (κ2) is 10.6. The van der Waals surface area contributed by atoms with E-state index in [1.807, 2.05) is 17.7 Å². The molecule has 0 radical (unpaired) electrons. The second-order valence-electron chi connectivity index (χ2n) is 10.7. The summed E-state index contributed by atoms with van der Waals surface area (Å²) in [5.74, 6) is 1.17. The van der Waals surface area contributed by atoms with E-state index in [2.05, 4.69) is 57.5 Å². The molecular formula is C27H38N6O2. The minimum atomic E-state index is -0.00892. The number of H-pyrrole nitrogens is 1. The highest BCUT2D eigenvalue weighted by atomic mass is 16.5. The minimum absolute atomic E-state index is 0.00892. The first-order valence-electron chi connectivity index (χ1n) is 13.3. The van der Waals surface area contributed by atoms with Crippen LogP contribution in [0.3, 0.4) is 0 Å². The first kappa shape index (κ1) is 24.1. The molecule has 0 unspecified atom stereocenters. The van der Waals surface area contributed by atoms with E-state index in [-0.39, 0.29) is 23.6 Å². The van der Waals surface area contributed by atoms with Crippen LogP contribution in [-0.4, -0.2) is 48.8 Å². The van der Waals surface area contributed by atoms with Gasteiger partial charge in [-0.15, -0.1) is 5.10 Å². The predicted octanol–water partition coefficient (Wildman–Crippen LogP) is 4.53. The van der Waals surface area contributed by atoms with Gasteiger partial charge in [-0.25, -0.2) is 4.68 Å². The van der Waals surface area contributed by atoms with Gasteiger partial charge in [-0.05, 0) is 72.0 Å². The molecule has 2 aromatic heterocycles. The molecule has 0 amide bonds. The van der Waals surface area contributed by atoms with Gasteiger partial charge in [0.25, 0.3) is 5.56 Å². The molecule has 3 aromatic rings. The van der Waals surface area contributed by atoms with E-state index < -0.39 is 0 Å². The molecule has 8 nitrogen and oxygen atoms in total. The van der Waals surface area contributed by atoms with Crippen LogP contribution in [0.15, 0.2) is 29.1 Å². The number of aryl methyl sites for hydroxylation is 1. The van der Waals surface area contributed by atoms with Gasteiger partial charge in [-0.3, -0.25) is 9.69 Å². The first-order valence-corrected chi connectivity index (χ1v) is 13.3. The molecule has 1 aliphatic carbocycles. The van der Waals surface area contributed by atoms with Crippen LogP contribution in [0.25, 0.3) is 10.9 Å². The van der Waals surface area contributed by atoms with Crippen LogP contribution >= 0.6 is 0 Å². The Hall–Kier alpha value is -2.58. The Bertz CT molecular complexity index is 1190. The maximum atomic E-state index is 13.2. The predicted molar refractivity (Wildman–Crippen MR) is 136 cm³/mol. The monoisotopic (exact) mass is 478 g/mol. The average molecular weight is 479 g/mol. The fourth-order valence-electron chi connectivity index (χ4n) is 5.91. The number of tetrazole rings is 1. The summed E-state index contributed by atoms with van der Waals surface area (Å²) < 4.78 is 7.83. The van der Waals surface area contributed by atoms with E-state index in [9.17, 15) is 4.79 Å². The Labute approximate surface area is 207 Å². The van der Waals surface area contributed by atoms with Gasteiger partial charge in [0.15, 0.2) is 5.82 Å². The smallest absolute Gasteiger partial charge is 0.252 e. The summed E-state index contributed by atoms with van der Waals surface area (Å²) in [7, 11) is 0. The summed E-state index contributed by atoms with van der Waals surface area (Å²) in [4.78, 5) is 18.8. The van der Waals surface area contributed by atoms with Gasteiger partial charge in [-0.2, -0.15) is 0 Å². The number of rotatable bonds is 8. The number of hydrogen-bond acceptors (Lipinski definition) is 6. The number of hydrogen-bond donors (Lipinski definition) is 1. The molecule has 0 spiro atoms. The fraction of sp³-hybridized carbons (Fsp3) is 0.630. The third-order valence-corrected chi connectivity index (χ3v) is 7.69. The molecule has 5 rings (SSSR count). The van der Waals surface area contributed by atoms with Crippen LogP contribution in [0.1, 0.15) is 81.8 Å². The van der Waals surface area contributed by atoms with Crippen molar-refractivity contribution in [1.29, 1.82) is 0 Å². The van der Waals surface area contributed by atoms with Crippen LogP contribution in [0.2, 0.25) is 0 Å². The Kier molecular flexibility index (Phi) is 7.29. The molecule has 2 aliphatic rings. The average Bonchev–Trinajstić information content (AvgIpc) is 3.52. The van der Waals surface area contributed by atoms with Gasteiger partial charge in [0, 0.05) is 30.3 Å². The van der Waals surface area contributed by atoms with Gasteiger partial charge in [0.1, 0.15) is 0 Å². The van der Waals surface area contributed by atoms with E-state index in [1.165, 1.54) is 19.3 Å². The number of fused-ring (bicyclic) bond motifs is 1. The summed E-state index contributed by atoms with van der Waals surface area (Å²) in [6.07, 6.45) is 8.31. The highest BCUT2D eigenvalue weighted by Crippen LogP contribution is 2.35. The van der Waals surface area contributed by atoms with Crippen molar-refractivity contribution in [2.75, 3.05) is 6.61 Å². The third kappa shape index (κ3) is 5.33. The van der Waals surface area contributed by atoms with Crippen LogP contribution in [0, 0.1) is 12.8 Å². The van der Waals surface area contributed by atoms with Crippen molar-refractivity contribution in [1.82, 2.24) is 30.1 Å². The maximum absolute atomic E-state index is 13.2. The van der Waals surface area contributed by atoms with Crippen molar-refractivity contribution in [2.24, 2.45) is 5.92 Å². The van der Waals surface area contributed by atoms with E-state index in [4.69, 9.17) is 4.74 Å². The van der Waals surface area contributed by atoms with Gasteiger partial charge in [0.05, 0.1) is 18.7 Å². The van der Waals surface area contributed by atoms with Gasteiger partial charge < -0.3 is 9.72 Å². The van der Waals surface area contributed by atoms with Crippen molar-refractivity contribution in [3.63, 3.8) is 0 Å². The molecule has 1 N–H and O–H groups in total. The Morgan fingerprint density at radius 1 is 1.14 bits per heavy atom. The quantitative estimate of drug-likeness (QED) is 0.512. The topological polar surface area (TPSA) is 88.9 Å². The lowest BCUT2D eigenvalue weighted by molar-refractivity contribution is 0.0553. The highest BCUT2D eigenvalue weighted by molar-refractivity contribution is 5.79. The van der Waals surface area contributed by atoms with Gasteiger partial charge in [-0.1, -0.05) is 45.2 Å². The second-order valence-corrected chi connectivity index (χ2v) is 10.7. The maximum Gasteiger partial charge on any atom is 0.252 e. The Morgan fingerprint density at radius 3 is 2.71 bits per heavy atom. The lowest BCUT2D eigenvalue weighted by Gasteiger charge is -2.41. The summed E-state index contributed by atoms with van der Waals surface area (Å²) in [6, 6.07) is 8.71. The number of aromatic amines is 1. The van der Waals surface area contributed by atoms with Crippen molar-refractivity contribution in [3.05, 3.63) is 51.6 Å². The third-order valence-electron chi connectivity index (χ3n) is 7.69. The fourth-order valence-corrected chi connectivity index (χ4v) is 5.91. The van der Waals surface area contributed by atoms with Crippen molar-refractivity contribution < 1.29 is 4.74 Å². The van der Waals surface area contributed by atoms with Crippen LogP contribution in [0.5, 0.6) is 0 Å². The molecule has 35 heavy (non-hydrogen) atoms. The Balaban J connectivity index is 1.51. The standard InChI is InChI=1S/C27H38N6O2/c1-18(2)25(26-29-30-31-33(26)17-23-10-7-13-35-23)32(22-8-5-4-6-9-22)16-21-15-20-12-11-19(3)14-24(20)28-27(21)34/h11-12,14-15,18,22-23,25H,4-10,13,16-17H2,1-3H3,(H,28,34)/t23-,25+/m1/s1. The summed E-state index contributed by atoms with van der Waals surface area (Å²) in [6.45, 7) is 8.59. The zero-order valence-corrected chi connectivity index (χ0v) is 21.2. The largest absolute Gasteiger partial charge is 0.376 e. The van der Waals surface area contributed by atoms with Gasteiger partial charge >= 0.3 is 0 Å². The molecule has 1 aliphatic heterocycles. The molecule has 1 saturated carbocycles. The Morgan fingerprint density at radius 2 is 1.97 bits per heavy atom. The number of nitrogens with one attached hydrogen (secondary N) is 1. The first-order chi connectivity index (χ1) is 17.0. The molecule has 188 valence electrons. The normalized spacial score (nSPS) is 20.3. The van der Waals surface area contributed by atoms with E-state index in [0.29, 0.717) is 19.1 Å². The van der Waals surface area contributed by atoms with Crippen molar-refractivity contribution in [3.8, 4) is 0 Å². The molecule has 2 atom stereocenters. The van der Waals surface area contributed by atoms with E-state index >= 15 is 0 Å².